The van der Waals surface area contributed by atoms with Gasteiger partial charge in [0, 0.05) is 43.1 Å². The third-order valence-electron chi connectivity index (χ3n) is 15.6. The zero-order valence-electron chi connectivity index (χ0n) is 41.4. The Labute approximate surface area is 423 Å². The molecule has 4 saturated carbocycles. The van der Waals surface area contributed by atoms with Gasteiger partial charge in [-0.25, -0.2) is 4.98 Å². The zero-order valence-corrected chi connectivity index (χ0v) is 44.8. The molecule has 353 valence electrons. The van der Waals surface area contributed by atoms with E-state index in [2.05, 4.69) is 166 Å². The fourth-order valence-corrected chi connectivity index (χ4v) is 14.2. The van der Waals surface area contributed by atoms with Crippen LogP contribution in [0.25, 0.3) is 72.6 Å². The number of aromatic nitrogens is 4. The van der Waals surface area contributed by atoms with E-state index in [9.17, 15) is 0 Å². The van der Waals surface area contributed by atoms with Crippen molar-refractivity contribution >= 4 is 46.4 Å². The van der Waals surface area contributed by atoms with Gasteiger partial charge in [-0.2, -0.15) is 0 Å². The molecule has 13 rings (SSSR count). The second kappa shape index (κ2) is 19.0. The van der Waals surface area contributed by atoms with Gasteiger partial charge in [0.25, 0.3) is 0 Å². The van der Waals surface area contributed by atoms with Gasteiger partial charge in [0.2, 0.25) is 5.71 Å². The van der Waals surface area contributed by atoms with Crippen molar-refractivity contribution in [3.63, 3.8) is 0 Å². The van der Waals surface area contributed by atoms with E-state index in [1.807, 2.05) is 37.3 Å². The van der Waals surface area contributed by atoms with Crippen molar-refractivity contribution in [3.05, 3.63) is 162 Å². The smallest absolute Gasteiger partial charge is 0.216 e. The van der Waals surface area contributed by atoms with E-state index in [0.717, 1.165) is 85.3 Å². The molecular formula is C62H64IrN4OSi-2. The average molecular weight is 1100 g/mol. The van der Waals surface area contributed by atoms with E-state index in [1.165, 1.54) is 60.0 Å². The molecule has 0 N–H and O–H groups in total. The Bertz CT molecular complexity index is 3230. The first-order valence-corrected chi connectivity index (χ1v) is 28.8. The molecule has 0 unspecified atom stereocenters. The Balaban J connectivity index is 0.000000171. The van der Waals surface area contributed by atoms with Crippen LogP contribution < -0.4 is 5.19 Å². The molecule has 0 aliphatic heterocycles. The number of para-hydroxylation sites is 2. The van der Waals surface area contributed by atoms with Gasteiger partial charge in [-0.05, 0) is 156 Å². The molecule has 69 heavy (non-hydrogen) atoms. The predicted octanol–water partition coefficient (Wildman–Crippen LogP) is 15.7. The van der Waals surface area contributed by atoms with Crippen LogP contribution in [0.4, 0.5) is 0 Å². The standard InChI is InChI=1S/C37H32N3O.C25H32NSi.Ir/c1-22(2)30-20-26(25-12-7-6-8-13-25)21-31(23(3)4)34(30)40-33-17-10-9-16-32(33)39-36(40)29-15-11-14-27-28-19-18-24(5)38-37(28)41-35(27)29;1-27(2,3)25-16-26-24(19-7-5-4-6-8-19)15-22(25)14-23-20-10-17-9-18(12-20)13-21(23)11-17;/h6-14,16-23H,1-5H3;4-7,15-18,20-21,23H,9-14H2,1-3H3;/q2*-1;. The van der Waals surface area contributed by atoms with Crippen LogP contribution in [0, 0.1) is 48.6 Å². The monoisotopic (exact) mass is 1100 g/mol. The molecule has 7 heteroatoms. The number of pyridine rings is 2. The minimum atomic E-state index is -1.40. The first-order valence-electron chi connectivity index (χ1n) is 25.3. The van der Waals surface area contributed by atoms with Gasteiger partial charge in [0.05, 0.1) is 30.5 Å². The van der Waals surface area contributed by atoms with Gasteiger partial charge < -0.3 is 14.0 Å². The zero-order chi connectivity index (χ0) is 46.8. The van der Waals surface area contributed by atoms with Crippen LogP contribution >= 0.6 is 0 Å². The molecule has 4 fully saturated rings. The third kappa shape index (κ3) is 9.00. The Morgan fingerprint density at radius 2 is 1.38 bits per heavy atom. The number of furan rings is 1. The van der Waals surface area contributed by atoms with Gasteiger partial charge in [-0.15, -0.1) is 54.1 Å². The third-order valence-corrected chi connectivity index (χ3v) is 17.7. The Hall–Kier alpha value is -5.46. The second-order valence-corrected chi connectivity index (χ2v) is 27.0. The van der Waals surface area contributed by atoms with Crippen LogP contribution in [0.1, 0.15) is 94.0 Å². The number of imidazole rings is 1. The molecule has 0 saturated heterocycles. The number of nitrogens with zero attached hydrogens (tertiary/aromatic N) is 4. The summed E-state index contributed by atoms with van der Waals surface area (Å²) >= 11 is 0. The average Bonchev–Trinajstić information content (AvgIpc) is 3.90. The van der Waals surface area contributed by atoms with Crippen molar-refractivity contribution in [2.75, 3.05) is 0 Å². The van der Waals surface area contributed by atoms with Gasteiger partial charge in [-0.3, -0.25) is 4.98 Å². The fraction of sp³-hybridized carbons (Fsp3) is 0.339. The van der Waals surface area contributed by atoms with Crippen LogP contribution in [0.3, 0.4) is 0 Å². The van der Waals surface area contributed by atoms with Gasteiger partial charge in [-0.1, -0.05) is 112 Å². The molecule has 5 nitrogen and oxygen atoms in total. The summed E-state index contributed by atoms with van der Waals surface area (Å²) in [6.07, 6.45) is 11.1. The van der Waals surface area contributed by atoms with Crippen molar-refractivity contribution in [1.29, 1.82) is 0 Å². The van der Waals surface area contributed by atoms with E-state index in [4.69, 9.17) is 14.4 Å². The minimum absolute atomic E-state index is 0. The summed E-state index contributed by atoms with van der Waals surface area (Å²) in [5, 5.41) is 3.60. The molecule has 9 aromatic rings. The van der Waals surface area contributed by atoms with Crippen LogP contribution in [-0.4, -0.2) is 27.6 Å². The summed E-state index contributed by atoms with van der Waals surface area (Å²) in [5.74, 6) is 6.44. The molecule has 4 aromatic heterocycles. The summed E-state index contributed by atoms with van der Waals surface area (Å²) in [5.41, 5.74) is 15.2. The fourth-order valence-electron chi connectivity index (χ4n) is 12.6. The molecule has 4 bridgehead atoms. The number of aryl methyl sites for hydroxylation is 1. The van der Waals surface area contributed by atoms with Gasteiger partial charge in [0.15, 0.2) is 0 Å². The Kier molecular flexibility index (Phi) is 13.0. The quantitative estimate of drug-likeness (QED) is 0.107. The second-order valence-electron chi connectivity index (χ2n) is 22.0. The van der Waals surface area contributed by atoms with Crippen molar-refractivity contribution < 1.29 is 24.5 Å². The predicted molar refractivity (Wildman–Crippen MR) is 284 cm³/mol. The Morgan fingerprint density at radius 1 is 0.696 bits per heavy atom. The van der Waals surface area contributed by atoms with Gasteiger partial charge in [0.1, 0.15) is 0 Å². The Morgan fingerprint density at radius 3 is 2.04 bits per heavy atom. The SMILES string of the molecule is C[Si](C)(C)c1cnc(-c2[c-]cccc2)cc1CC1C2CC3CC(C2)CC1C3.Cc1ccc2c(n1)oc1c(-c3nc4ccccc4n3-c3c(C(C)C)cc(-c4ccccc4)cc3C(C)C)[c-]ccc12.[Ir]. The number of hydrogen-bond acceptors (Lipinski definition) is 4. The summed E-state index contributed by atoms with van der Waals surface area (Å²) in [6.45, 7) is 18.5. The van der Waals surface area contributed by atoms with Gasteiger partial charge >= 0.3 is 0 Å². The molecule has 4 aliphatic rings. The van der Waals surface area contributed by atoms with Crippen LogP contribution in [0.5, 0.6) is 0 Å². The van der Waals surface area contributed by atoms with E-state index in [-0.39, 0.29) is 20.1 Å². The van der Waals surface area contributed by atoms with E-state index in [0.29, 0.717) is 17.5 Å². The molecule has 5 aromatic carbocycles. The van der Waals surface area contributed by atoms with E-state index >= 15 is 0 Å². The van der Waals surface area contributed by atoms with Crippen LogP contribution in [-0.2, 0) is 26.5 Å². The van der Waals surface area contributed by atoms with Crippen molar-refractivity contribution in [1.82, 2.24) is 19.5 Å². The summed E-state index contributed by atoms with van der Waals surface area (Å²) in [7, 11) is -1.40. The van der Waals surface area contributed by atoms with Crippen molar-refractivity contribution in [3.8, 4) is 39.5 Å². The molecule has 0 spiro atoms. The molecule has 1 radical (unpaired) electrons. The molecule has 4 aliphatic carbocycles. The molecule has 0 atom stereocenters. The van der Waals surface area contributed by atoms with Crippen LogP contribution in [0.15, 0.2) is 132 Å². The number of fused-ring (bicyclic) bond motifs is 4. The summed E-state index contributed by atoms with van der Waals surface area (Å²) < 4.78 is 8.78. The molecule has 4 heterocycles. The maximum atomic E-state index is 6.44. The first kappa shape index (κ1) is 47.2. The largest absolute Gasteiger partial charge is 0.486 e. The number of rotatable bonds is 9. The summed E-state index contributed by atoms with van der Waals surface area (Å²) in [6, 6.07) is 49.5. The number of hydrogen-bond donors (Lipinski definition) is 0. The minimum Gasteiger partial charge on any atom is -0.486 e. The number of benzene rings is 5. The normalized spacial score (nSPS) is 19.7. The first-order chi connectivity index (χ1) is 32.9. The van der Waals surface area contributed by atoms with Crippen LogP contribution in [0.2, 0.25) is 19.6 Å². The topological polar surface area (TPSA) is 56.7 Å². The van der Waals surface area contributed by atoms with Crippen molar-refractivity contribution in [2.24, 2.45) is 29.6 Å². The molecular weight excluding hydrogens is 1040 g/mol. The van der Waals surface area contributed by atoms with E-state index < -0.39 is 8.07 Å². The maximum absolute atomic E-state index is 6.44. The van der Waals surface area contributed by atoms with Crippen molar-refractivity contribution in [2.45, 2.75) is 105 Å². The van der Waals surface area contributed by atoms with E-state index in [1.54, 1.807) is 17.2 Å². The molecule has 0 amide bonds. The maximum Gasteiger partial charge on any atom is 0.216 e. The summed E-state index contributed by atoms with van der Waals surface area (Å²) in [4.78, 5) is 14.8.